The van der Waals surface area contributed by atoms with Crippen molar-refractivity contribution in [3.63, 3.8) is 0 Å². The number of nitriles is 1. The number of para-hydroxylation sites is 1. The van der Waals surface area contributed by atoms with E-state index in [4.69, 9.17) is 15.2 Å². The number of nitrogens with zero attached hydrogens (tertiary/aromatic N) is 7. The number of carbonyl (C=O) groups is 1. The van der Waals surface area contributed by atoms with Crippen LogP contribution in [0.15, 0.2) is 77.4 Å². The van der Waals surface area contributed by atoms with Gasteiger partial charge in [0.25, 0.3) is 5.91 Å². The van der Waals surface area contributed by atoms with Gasteiger partial charge in [0.05, 0.1) is 31.0 Å². The number of benzene rings is 2. The largest absolute Gasteiger partial charge is 0.457 e. The number of anilines is 1. The van der Waals surface area contributed by atoms with E-state index in [1.807, 2.05) is 51.2 Å². The number of nitrogen functional groups attached to an aromatic ring is 1. The first kappa shape index (κ1) is 29.1. The molecule has 0 saturated carbocycles. The molecule has 2 aliphatic rings. The fraction of sp³-hybridized carbons (Fsp3) is 0.344. The standard InChI is InChI=1S/C32H34N8O4/c1-32(2,37(3)24-18-43-19-24)15-21(16-33)30(41)38-14-13-23(38)17-39-29-27(28(34)35-20-36-29)40(31(39)42)22-9-11-26(12-10-22)44-25-7-5-4-6-8-25/h4-12,15,20,23-24H,13-14,17-19H2,1-3H3,(H2,34,35,36)/b21-15-/t23-/m0/s1. The number of rotatable bonds is 9. The van der Waals surface area contributed by atoms with Crippen molar-refractivity contribution in [3.8, 4) is 23.3 Å². The predicted octanol–water partition coefficient (Wildman–Crippen LogP) is 3.12. The molecular formula is C32H34N8O4. The second kappa shape index (κ2) is 11.6. The van der Waals surface area contributed by atoms with E-state index in [0.717, 1.165) is 0 Å². The lowest BCUT2D eigenvalue weighted by Gasteiger charge is -2.44. The van der Waals surface area contributed by atoms with Crippen LogP contribution in [0.5, 0.6) is 11.5 Å². The van der Waals surface area contributed by atoms with Gasteiger partial charge in [-0.25, -0.2) is 14.8 Å². The van der Waals surface area contributed by atoms with Crippen molar-refractivity contribution in [2.45, 2.75) is 44.4 Å². The molecule has 44 heavy (non-hydrogen) atoms. The van der Waals surface area contributed by atoms with Crippen LogP contribution in [0.3, 0.4) is 0 Å². The Balaban J connectivity index is 1.26. The molecule has 0 radical (unpaired) electrons. The van der Waals surface area contributed by atoms with E-state index in [1.165, 1.54) is 15.5 Å². The Morgan fingerprint density at radius 2 is 1.86 bits per heavy atom. The van der Waals surface area contributed by atoms with Gasteiger partial charge in [0, 0.05) is 18.6 Å². The molecule has 6 rings (SSSR count). The number of amides is 1. The summed E-state index contributed by atoms with van der Waals surface area (Å²) in [6.45, 7) is 5.88. The number of hydrogen-bond donors (Lipinski definition) is 1. The summed E-state index contributed by atoms with van der Waals surface area (Å²) >= 11 is 0. The van der Waals surface area contributed by atoms with Crippen LogP contribution < -0.4 is 16.2 Å². The first-order valence-corrected chi connectivity index (χ1v) is 14.5. The van der Waals surface area contributed by atoms with E-state index in [9.17, 15) is 14.9 Å². The normalized spacial score (nSPS) is 17.3. The molecule has 2 fully saturated rings. The maximum atomic E-state index is 13.9. The van der Waals surface area contributed by atoms with Crippen molar-refractivity contribution in [2.75, 3.05) is 32.5 Å². The topological polar surface area (TPSA) is 145 Å². The van der Waals surface area contributed by atoms with Gasteiger partial charge in [-0.15, -0.1) is 0 Å². The van der Waals surface area contributed by atoms with Gasteiger partial charge in [0.15, 0.2) is 11.5 Å². The summed E-state index contributed by atoms with van der Waals surface area (Å²) in [6.07, 6.45) is 3.72. The summed E-state index contributed by atoms with van der Waals surface area (Å²) in [7, 11) is 1.97. The van der Waals surface area contributed by atoms with Crippen LogP contribution in [0.2, 0.25) is 0 Å². The summed E-state index contributed by atoms with van der Waals surface area (Å²) in [5.74, 6) is 1.12. The third-order valence-electron chi connectivity index (χ3n) is 8.53. The molecule has 12 heteroatoms. The van der Waals surface area contributed by atoms with E-state index in [1.54, 1.807) is 35.2 Å². The number of hydrogen-bond acceptors (Lipinski definition) is 9. The molecule has 0 aliphatic carbocycles. The van der Waals surface area contributed by atoms with Gasteiger partial charge >= 0.3 is 5.69 Å². The molecule has 1 amide bonds. The Bertz CT molecular complexity index is 1820. The van der Waals surface area contributed by atoms with Crippen molar-refractivity contribution in [1.82, 2.24) is 28.9 Å². The smallest absolute Gasteiger partial charge is 0.335 e. The SMILES string of the molecule is CN(C1COC1)C(C)(C)/C=C(/C#N)C(=O)N1CC[C@H]1Cn1c(=O)n(-c2ccc(Oc3ccccc3)cc2)c2c(N)ncnc21. The van der Waals surface area contributed by atoms with Gasteiger partial charge in [0.2, 0.25) is 0 Å². The molecule has 0 spiro atoms. The lowest BCUT2D eigenvalue weighted by atomic mass is 9.95. The molecule has 2 N–H and O–H groups in total. The predicted molar refractivity (Wildman–Crippen MR) is 164 cm³/mol. The van der Waals surface area contributed by atoms with Gasteiger partial charge in [-0.1, -0.05) is 18.2 Å². The number of fused-ring (bicyclic) bond motifs is 1. The van der Waals surface area contributed by atoms with Crippen molar-refractivity contribution in [2.24, 2.45) is 0 Å². The van der Waals surface area contributed by atoms with Gasteiger partial charge in [-0.05, 0) is 69.8 Å². The summed E-state index contributed by atoms with van der Waals surface area (Å²) in [5, 5.41) is 9.94. The number of nitrogens with two attached hydrogens (primary N) is 1. The van der Waals surface area contributed by atoms with Crippen LogP contribution in [0, 0.1) is 11.3 Å². The monoisotopic (exact) mass is 594 g/mol. The van der Waals surface area contributed by atoms with Crippen LogP contribution in [0.1, 0.15) is 20.3 Å². The summed E-state index contributed by atoms with van der Waals surface area (Å²) in [4.78, 5) is 39.7. The summed E-state index contributed by atoms with van der Waals surface area (Å²) in [5.41, 5.74) is 6.78. The Morgan fingerprint density at radius 3 is 2.48 bits per heavy atom. The second-order valence-corrected chi connectivity index (χ2v) is 11.6. The van der Waals surface area contributed by atoms with E-state index in [-0.39, 0.29) is 41.6 Å². The highest BCUT2D eigenvalue weighted by Gasteiger charge is 2.38. The molecule has 0 bridgehead atoms. The van der Waals surface area contributed by atoms with Gasteiger partial charge in [-0.2, -0.15) is 5.26 Å². The molecule has 2 aromatic heterocycles. The van der Waals surface area contributed by atoms with E-state index in [0.29, 0.717) is 54.5 Å². The van der Waals surface area contributed by atoms with Crippen molar-refractivity contribution in [3.05, 3.63) is 83.1 Å². The number of likely N-dealkylation sites (tertiary alicyclic amines) is 1. The van der Waals surface area contributed by atoms with Crippen molar-refractivity contribution < 1.29 is 14.3 Å². The number of ether oxygens (including phenoxy) is 2. The van der Waals surface area contributed by atoms with E-state index >= 15 is 0 Å². The average Bonchev–Trinajstić information content (AvgIpc) is 3.26. The minimum Gasteiger partial charge on any atom is -0.457 e. The maximum absolute atomic E-state index is 13.9. The van der Waals surface area contributed by atoms with Gasteiger partial charge in [-0.3, -0.25) is 18.8 Å². The fourth-order valence-electron chi connectivity index (χ4n) is 5.57. The quantitative estimate of drug-likeness (QED) is 0.228. The fourth-order valence-corrected chi connectivity index (χ4v) is 5.57. The van der Waals surface area contributed by atoms with Gasteiger partial charge < -0.3 is 20.1 Å². The zero-order chi connectivity index (χ0) is 31.0. The number of aromatic nitrogens is 4. The summed E-state index contributed by atoms with van der Waals surface area (Å²) in [6, 6.07) is 18.5. The highest BCUT2D eigenvalue weighted by Crippen LogP contribution is 2.28. The lowest BCUT2D eigenvalue weighted by molar-refractivity contribution is -0.134. The van der Waals surface area contributed by atoms with Crippen LogP contribution in [0.25, 0.3) is 16.9 Å². The highest BCUT2D eigenvalue weighted by molar-refractivity contribution is 5.98. The third-order valence-corrected chi connectivity index (χ3v) is 8.53. The van der Waals surface area contributed by atoms with Crippen molar-refractivity contribution in [1.29, 1.82) is 5.26 Å². The Kier molecular flexibility index (Phi) is 7.67. The maximum Gasteiger partial charge on any atom is 0.335 e. The molecule has 1 atom stereocenters. The Morgan fingerprint density at radius 1 is 1.16 bits per heavy atom. The van der Waals surface area contributed by atoms with E-state index in [2.05, 4.69) is 20.9 Å². The lowest BCUT2D eigenvalue weighted by Crippen LogP contribution is -2.56. The van der Waals surface area contributed by atoms with Crippen LogP contribution in [0.4, 0.5) is 5.82 Å². The second-order valence-electron chi connectivity index (χ2n) is 11.6. The molecule has 4 aromatic rings. The van der Waals surface area contributed by atoms with E-state index < -0.39 is 5.54 Å². The molecule has 0 unspecified atom stereocenters. The molecule has 2 saturated heterocycles. The third kappa shape index (κ3) is 5.32. The van der Waals surface area contributed by atoms with Crippen molar-refractivity contribution >= 4 is 22.9 Å². The number of likely N-dealkylation sites (N-methyl/N-ethyl adjacent to an activating group) is 1. The molecule has 2 aromatic carbocycles. The zero-order valence-corrected chi connectivity index (χ0v) is 24.9. The van der Waals surface area contributed by atoms with Gasteiger partial charge in [0.1, 0.15) is 35.0 Å². The Hall–Kier alpha value is -4.99. The first-order chi connectivity index (χ1) is 21.2. The number of carbonyl (C=O) groups excluding carboxylic acids is 1. The molecular weight excluding hydrogens is 560 g/mol. The molecule has 4 heterocycles. The minimum absolute atomic E-state index is 0.0750. The Labute approximate surface area is 254 Å². The molecule has 226 valence electrons. The minimum atomic E-state index is -0.532. The van der Waals surface area contributed by atoms with Crippen LogP contribution in [-0.2, 0) is 16.1 Å². The molecule has 2 aliphatic heterocycles. The first-order valence-electron chi connectivity index (χ1n) is 14.5. The van der Waals surface area contributed by atoms with Crippen LogP contribution in [-0.4, -0.2) is 79.2 Å². The van der Waals surface area contributed by atoms with Crippen LogP contribution >= 0.6 is 0 Å². The molecule has 12 nitrogen and oxygen atoms in total. The highest BCUT2D eigenvalue weighted by atomic mass is 16.5. The summed E-state index contributed by atoms with van der Waals surface area (Å²) < 4.78 is 14.2. The zero-order valence-electron chi connectivity index (χ0n) is 24.9. The average molecular weight is 595 g/mol. The number of imidazole rings is 1.